The molecule has 1 atom stereocenters. The molecule has 0 bridgehead atoms. The number of carbonyl (C=O) groups is 3. The van der Waals surface area contributed by atoms with Crippen LogP contribution in [-0.2, 0) is 38.5 Å². The van der Waals surface area contributed by atoms with Crippen LogP contribution in [0.15, 0.2) is 106 Å². The Morgan fingerprint density at radius 3 is 2.12 bits per heavy atom. The molecule has 52 heavy (non-hydrogen) atoms. The van der Waals surface area contributed by atoms with E-state index in [1.807, 2.05) is 6.07 Å². The molecule has 11 nitrogen and oxygen atoms in total. The molecule has 0 spiro atoms. The number of ether oxygens (including phenoxy) is 5. The van der Waals surface area contributed by atoms with Crippen LogP contribution in [0.4, 0.5) is 18.0 Å². The lowest BCUT2D eigenvalue weighted by Gasteiger charge is -2.19. The normalized spacial score (nSPS) is 12.8. The monoisotopic (exact) mass is 717 g/mol. The lowest BCUT2D eigenvalue weighted by Crippen LogP contribution is -2.43. The van der Waals surface area contributed by atoms with Crippen LogP contribution in [0.25, 0.3) is 22.1 Å². The maximum atomic E-state index is 14.3. The summed E-state index contributed by atoms with van der Waals surface area (Å²) in [7, 11) is 0. The van der Waals surface area contributed by atoms with E-state index >= 15 is 0 Å². The number of alkyl carbamates (subject to hydrolysis) is 1. The molecular formula is C38H30F3NO10. The van der Waals surface area contributed by atoms with E-state index in [0.717, 1.165) is 17.7 Å². The fourth-order valence-electron chi connectivity index (χ4n) is 5.31. The van der Waals surface area contributed by atoms with Gasteiger partial charge in [0.15, 0.2) is 11.5 Å². The van der Waals surface area contributed by atoms with Crippen molar-refractivity contribution in [3.05, 3.63) is 124 Å². The first kappa shape index (κ1) is 35.5. The molecule has 2 heterocycles. The van der Waals surface area contributed by atoms with Crippen molar-refractivity contribution < 1.29 is 55.7 Å². The lowest BCUT2D eigenvalue weighted by molar-refractivity contribution is -0.152. The van der Waals surface area contributed by atoms with Gasteiger partial charge in [0.2, 0.25) is 11.2 Å². The highest BCUT2D eigenvalue weighted by Crippen LogP contribution is 2.40. The molecule has 268 valence electrons. The first-order valence-corrected chi connectivity index (χ1v) is 16.0. The van der Waals surface area contributed by atoms with Crippen molar-refractivity contribution in [2.24, 2.45) is 0 Å². The Morgan fingerprint density at radius 1 is 0.788 bits per heavy atom. The molecule has 0 fully saturated rings. The molecule has 0 aliphatic carbocycles. The predicted molar refractivity (Wildman–Crippen MR) is 179 cm³/mol. The van der Waals surface area contributed by atoms with Crippen molar-refractivity contribution in [3.8, 4) is 28.4 Å². The number of fused-ring (bicyclic) bond motifs is 2. The minimum Gasteiger partial charge on any atom is -0.486 e. The Hall–Kier alpha value is -6.31. The summed E-state index contributed by atoms with van der Waals surface area (Å²) in [6.45, 7) is 0.314. The van der Waals surface area contributed by atoms with E-state index < -0.39 is 52.6 Å². The van der Waals surface area contributed by atoms with Gasteiger partial charge in [-0.15, -0.1) is 0 Å². The predicted octanol–water partition coefficient (Wildman–Crippen LogP) is 6.97. The standard InChI is InChI=1S/C38H30F3NO10/c39-38(40,41)35-33(25-11-15-29-31(19-25)48-18-17-47-29)34(44)27-13-12-26(20-30(27)52-35)51-36(45)28(42-37(46)50-22-24-9-5-2-6-10-24)14-16-32(43)49-21-23-7-3-1-4-8-23/h1-13,15,19-20,28H,14,16-18,21-22H2,(H,42,46)/t28-/m1/s1. The summed E-state index contributed by atoms with van der Waals surface area (Å²) in [5, 5.41) is 2.15. The largest absolute Gasteiger partial charge is 0.486 e. The van der Waals surface area contributed by atoms with Crippen molar-refractivity contribution in [2.45, 2.75) is 38.3 Å². The second-order valence-electron chi connectivity index (χ2n) is 11.5. The van der Waals surface area contributed by atoms with Crippen LogP contribution >= 0.6 is 0 Å². The Bertz CT molecular complexity index is 2140. The van der Waals surface area contributed by atoms with Gasteiger partial charge in [0.05, 0.1) is 10.9 Å². The van der Waals surface area contributed by atoms with E-state index in [9.17, 15) is 32.3 Å². The summed E-state index contributed by atoms with van der Waals surface area (Å²) < 4.78 is 75.1. The number of hydrogen-bond acceptors (Lipinski definition) is 10. The SMILES string of the molecule is O=C(CC[C@@H](NC(=O)OCc1ccccc1)C(=O)Oc1ccc2c(=O)c(-c3ccc4c(c3)OCCO4)c(C(F)(F)F)oc2c1)OCc1ccccc1. The van der Waals surface area contributed by atoms with Gasteiger partial charge < -0.3 is 33.4 Å². The molecule has 6 rings (SSSR count). The highest BCUT2D eigenvalue weighted by atomic mass is 19.4. The summed E-state index contributed by atoms with van der Waals surface area (Å²) in [5.41, 5.74) is -0.922. The van der Waals surface area contributed by atoms with Gasteiger partial charge in [-0.25, -0.2) is 9.59 Å². The first-order chi connectivity index (χ1) is 25.0. The van der Waals surface area contributed by atoms with Gasteiger partial charge in [-0.2, -0.15) is 13.2 Å². The third kappa shape index (κ3) is 8.70. The fraction of sp³-hybridized carbons (Fsp3) is 0.211. The zero-order chi connectivity index (χ0) is 36.7. The van der Waals surface area contributed by atoms with Crippen molar-refractivity contribution >= 4 is 29.0 Å². The van der Waals surface area contributed by atoms with Gasteiger partial charge in [-0.1, -0.05) is 66.7 Å². The van der Waals surface area contributed by atoms with Crippen LogP contribution in [0.3, 0.4) is 0 Å². The molecule has 1 N–H and O–H groups in total. The molecule has 1 aromatic heterocycles. The first-order valence-electron chi connectivity index (χ1n) is 16.0. The van der Waals surface area contributed by atoms with E-state index in [4.69, 9.17) is 28.1 Å². The lowest BCUT2D eigenvalue weighted by atomic mass is 10.0. The molecule has 0 radical (unpaired) electrons. The van der Waals surface area contributed by atoms with E-state index in [2.05, 4.69) is 5.32 Å². The molecule has 0 saturated heterocycles. The number of alkyl halides is 3. The second-order valence-corrected chi connectivity index (χ2v) is 11.5. The quantitative estimate of drug-likeness (QED) is 0.113. The number of esters is 2. The maximum absolute atomic E-state index is 14.3. The zero-order valence-electron chi connectivity index (χ0n) is 27.3. The van der Waals surface area contributed by atoms with Gasteiger partial charge >= 0.3 is 24.2 Å². The summed E-state index contributed by atoms with van der Waals surface area (Å²) in [4.78, 5) is 52.1. The smallest absolute Gasteiger partial charge is 0.450 e. The molecule has 5 aromatic rings. The second kappa shape index (κ2) is 15.7. The maximum Gasteiger partial charge on any atom is 0.450 e. The summed E-state index contributed by atoms with van der Waals surface area (Å²) in [5.74, 6) is -3.10. The van der Waals surface area contributed by atoms with E-state index in [1.165, 1.54) is 24.3 Å². The minimum absolute atomic E-state index is 0.0140. The van der Waals surface area contributed by atoms with Gasteiger partial charge in [0.1, 0.15) is 43.8 Å². The molecule has 14 heteroatoms. The fourth-order valence-corrected chi connectivity index (χ4v) is 5.31. The molecule has 1 aliphatic heterocycles. The Morgan fingerprint density at radius 2 is 1.44 bits per heavy atom. The third-order valence-electron chi connectivity index (χ3n) is 7.84. The van der Waals surface area contributed by atoms with Crippen molar-refractivity contribution in [3.63, 3.8) is 0 Å². The number of carbonyl (C=O) groups excluding carboxylic acids is 3. The Labute approximate surface area is 293 Å². The van der Waals surface area contributed by atoms with Crippen LogP contribution in [0, 0.1) is 0 Å². The number of halogens is 3. The molecule has 0 unspecified atom stereocenters. The zero-order valence-corrected chi connectivity index (χ0v) is 27.3. The summed E-state index contributed by atoms with van der Waals surface area (Å²) >= 11 is 0. The highest BCUT2D eigenvalue weighted by molar-refractivity contribution is 5.87. The summed E-state index contributed by atoms with van der Waals surface area (Å²) in [6, 6.07) is 23.5. The van der Waals surface area contributed by atoms with Crippen LogP contribution in [0.5, 0.6) is 17.2 Å². The molecule has 4 aromatic carbocycles. The van der Waals surface area contributed by atoms with Gasteiger partial charge in [0, 0.05) is 12.5 Å². The van der Waals surface area contributed by atoms with Gasteiger partial charge in [0.25, 0.3) is 0 Å². The topological polar surface area (TPSA) is 140 Å². The number of nitrogens with one attached hydrogen (secondary N) is 1. The van der Waals surface area contributed by atoms with E-state index in [0.29, 0.717) is 11.3 Å². The van der Waals surface area contributed by atoms with E-state index in [1.54, 1.807) is 54.6 Å². The average molecular weight is 718 g/mol. The van der Waals surface area contributed by atoms with Gasteiger partial charge in [-0.3, -0.25) is 9.59 Å². The van der Waals surface area contributed by atoms with Crippen molar-refractivity contribution in [1.29, 1.82) is 0 Å². The van der Waals surface area contributed by atoms with Crippen molar-refractivity contribution in [1.82, 2.24) is 5.32 Å². The van der Waals surface area contributed by atoms with Crippen LogP contribution in [0.1, 0.15) is 29.7 Å². The molecule has 1 aliphatic rings. The number of benzene rings is 4. The number of amides is 1. The third-order valence-corrected chi connectivity index (χ3v) is 7.84. The van der Waals surface area contributed by atoms with E-state index in [-0.39, 0.29) is 61.7 Å². The van der Waals surface area contributed by atoms with Crippen LogP contribution < -0.4 is 25.0 Å². The number of hydrogen-bond donors (Lipinski definition) is 1. The minimum atomic E-state index is -5.09. The van der Waals surface area contributed by atoms with Crippen LogP contribution in [-0.4, -0.2) is 37.3 Å². The Kier molecular flexibility index (Phi) is 10.7. The molecule has 0 saturated carbocycles. The summed E-state index contributed by atoms with van der Waals surface area (Å²) in [6.07, 6.45) is -6.66. The van der Waals surface area contributed by atoms with Crippen LogP contribution in [0.2, 0.25) is 0 Å². The molecular weight excluding hydrogens is 687 g/mol. The average Bonchev–Trinajstić information content (AvgIpc) is 3.15. The molecule has 1 amide bonds. The Balaban J connectivity index is 1.22. The number of rotatable bonds is 11. The highest BCUT2D eigenvalue weighted by Gasteiger charge is 2.40. The van der Waals surface area contributed by atoms with Crippen molar-refractivity contribution in [2.75, 3.05) is 13.2 Å². The van der Waals surface area contributed by atoms with Gasteiger partial charge in [-0.05, 0) is 47.4 Å².